The topological polar surface area (TPSA) is 97.7 Å². The van der Waals surface area contributed by atoms with E-state index in [1.165, 1.54) is 30.3 Å². The summed E-state index contributed by atoms with van der Waals surface area (Å²) in [5.74, 6) is -3.11. The largest absolute Gasteiger partial charge is 0.480 e. The third kappa shape index (κ3) is 3.00. The van der Waals surface area contributed by atoms with Crippen LogP contribution in [0.3, 0.4) is 0 Å². The number of hydrogen-bond donors (Lipinski definition) is 1. The molecule has 1 unspecified atom stereocenters. The first-order valence-corrected chi connectivity index (χ1v) is 6.66. The summed E-state index contributed by atoms with van der Waals surface area (Å²) in [6.45, 7) is 3.51. The van der Waals surface area contributed by atoms with Crippen molar-refractivity contribution in [3.8, 4) is 0 Å². The number of carbonyl (C=O) groups is 2. The minimum absolute atomic E-state index is 0.268. The highest BCUT2D eigenvalue weighted by molar-refractivity contribution is 7.93. The highest BCUT2D eigenvalue weighted by atomic mass is 32.2. The van der Waals surface area contributed by atoms with E-state index in [1.807, 2.05) is 0 Å². The molecule has 0 fully saturated rings. The number of carboxylic acids is 1. The monoisotopic (exact) mass is 284 g/mol. The van der Waals surface area contributed by atoms with Gasteiger partial charge in [-0.15, -0.1) is 0 Å². The third-order valence-corrected chi connectivity index (χ3v) is 4.34. The van der Waals surface area contributed by atoms with Crippen molar-refractivity contribution < 1.29 is 27.9 Å². The smallest absolute Gasteiger partial charge is 0.336 e. The number of carboxylic acid groups (broad SMARTS) is 1. The lowest BCUT2D eigenvalue weighted by Gasteiger charge is -2.11. The summed E-state index contributed by atoms with van der Waals surface area (Å²) < 4.78 is 28.3. The number of esters is 1. The normalized spacial score (nSPS) is 12.5. The van der Waals surface area contributed by atoms with Crippen molar-refractivity contribution in [1.82, 2.24) is 0 Å². The second-order valence-electron chi connectivity index (χ2n) is 3.56. The van der Waals surface area contributed by atoms with Crippen molar-refractivity contribution in [3.63, 3.8) is 0 Å². The van der Waals surface area contributed by atoms with Crippen molar-refractivity contribution in [3.05, 3.63) is 36.4 Å². The van der Waals surface area contributed by atoms with E-state index in [2.05, 4.69) is 11.3 Å². The van der Waals surface area contributed by atoms with E-state index in [4.69, 9.17) is 5.11 Å². The molecular weight excluding hydrogens is 272 g/mol. The van der Waals surface area contributed by atoms with E-state index in [1.54, 1.807) is 0 Å². The minimum Gasteiger partial charge on any atom is -0.480 e. The summed E-state index contributed by atoms with van der Waals surface area (Å²) in [6, 6.07) is 5.34. The van der Waals surface area contributed by atoms with Crippen LogP contribution in [0.4, 0.5) is 0 Å². The summed E-state index contributed by atoms with van der Waals surface area (Å²) in [6.07, 6.45) is 1.51. The van der Waals surface area contributed by atoms with E-state index in [0.717, 1.165) is 7.11 Å². The average Bonchev–Trinajstić information content (AvgIpc) is 2.37. The second kappa shape index (κ2) is 5.66. The Morgan fingerprint density at radius 2 is 1.84 bits per heavy atom. The van der Waals surface area contributed by atoms with Crippen LogP contribution in [0.1, 0.15) is 5.56 Å². The van der Waals surface area contributed by atoms with Gasteiger partial charge in [-0.05, 0) is 17.7 Å². The summed E-state index contributed by atoms with van der Waals surface area (Å²) in [4.78, 5) is 22.0. The number of hydrogen-bond acceptors (Lipinski definition) is 5. The zero-order chi connectivity index (χ0) is 14.6. The third-order valence-electron chi connectivity index (χ3n) is 2.39. The molecule has 1 aromatic rings. The van der Waals surface area contributed by atoms with Crippen molar-refractivity contribution in [2.75, 3.05) is 7.11 Å². The van der Waals surface area contributed by atoms with Gasteiger partial charge in [-0.2, -0.15) is 0 Å². The first-order chi connectivity index (χ1) is 8.84. The SMILES string of the molecule is C=Cc1ccc(S(=O)(=O)C(C(=O)O)C(=O)OC)cc1. The Labute approximate surface area is 110 Å². The zero-order valence-corrected chi connectivity index (χ0v) is 10.9. The van der Waals surface area contributed by atoms with Crippen molar-refractivity contribution in [2.24, 2.45) is 0 Å². The fraction of sp³-hybridized carbons (Fsp3) is 0.167. The molecule has 0 saturated heterocycles. The molecule has 6 nitrogen and oxygen atoms in total. The first-order valence-electron chi connectivity index (χ1n) is 5.11. The van der Waals surface area contributed by atoms with Crippen molar-refractivity contribution in [1.29, 1.82) is 0 Å². The van der Waals surface area contributed by atoms with E-state index >= 15 is 0 Å². The predicted octanol–water partition coefficient (Wildman–Crippen LogP) is 0.729. The molecule has 0 heterocycles. The lowest BCUT2D eigenvalue weighted by Crippen LogP contribution is -2.38. The maximum absolute atomic E-state index is 12.1. The van der Waals surface area contributed by atoms with Crippen LogP contribution >= 0.6 is 0 Å². The Kier molecular flexibility index (Phi) is 4.44. The molecule has 102 valence electrons. The van der Waals surface area contributed by atoms with Crippen LogP contribution in [0, 0.1) is 0 Å². The number of sulfone groups is 1. The molecule has 0 aliphatic heterocycles. The van der Waals surface area contributed by atoms with E-state index in [0.29, 0.717) is 5.56 Å². The molecule has 0 spiro atoms. The van der Waals surface area contributed by atoms with Gasteiger partial charge in [0.1, 0.15) is 0 Å². The number of methoxy groups -OCH3 is 1. The van der Waals surface area contributed by atoms with Crippen LogP contribution in [-0.4, -0.2) is 37.8 Å². The molecule has 0 aliphatic rings. The maximum Gasteiger partial charge on any atom is 0.336 e. The van der Waals surface area contributed by atoms with Gasteiger partial charge in [0.2, 0.25) is 9.84 Å². The molecule has 1 N–H and O–H groups in total. The van der Waals surface area contributed by atoms with E-state index in [-0.39, 0.29) is 4.90 Å². The molecule has 0 aliphatic carbocycles. The van der Waals surface area contributed by atoms with Crippen molar-refractivity contribution in [2.45, 2.75) is 10.1 Å². The van der Waals surface area contributed by atoms with Gasteiger partial charge >= 0.3 is 11.9 Å². The molecule has 19 heavy (non-hydrogen) atoms. The first kappa shape index (κ1) is 14.9. The summed E-state index contributed by atoms with van der Waals surface area (Å²) in [7, 11) is -3.42. The van der Waals surface area contributed by atoms with Crippen LogP contribution in [0.2, 0.25) is 0 Å². The van der Waals surface area contributed by atoms with E-state index in [9.17, 15) is 18.0 Å². The summed E-state index contributed by atoms with van der Waals surface area (Å²) in [5, 5.41) is 6.61. The number of rotatable bonds is 5. The van der Waals surface area contributed by atoms with Crippen molar-refractivity contribution >= 4 is 27.9 Å². The van der Waals surface area contributed by atoms with Gasteiger partial charge in [0.15, 0.2) is 0 Å². The molecule has 0 saturated carbocycles. The van der Waals surface area contributed by atoms with Crippen LogP contribution in [0.5, 0.6) is 0 Å². The maximum atomic E-state index is 12.1. The number of aliphatic carboxylic acids is 1. The van der Waals surface area contributed by atoms with Gasteiger partial charge in [-0.1, -0.05) is 24.8 Å². The zero-order valence-electron chi connectivity index (χ0n) is 10.1. The Morgan fingerprint density at radius 3 is 2.21 bits per heavy atom. The number of carbonyl (C=O) groups excluding carboxylic acids is 1. The highest BCUT2D eigenvalue weighted by Crippen LogP contribution is 2.18. The Hall–Kier alpha value is -2.15. The molecule has 1 aromatic carbocycles. The second-order valence-corrected chi connectivity index (χ2v) is 5.59. The highest BCUT2D eigenvalue weighted by Gasteiger charge is 2.41. The molecule has 0 bridgehead atoms. The Bertz CT molecular complexity index is 600. The molecule has 0 amide bonds. The Morgan fingerprint density at radius 1 is 1.32 bits per heavy atom. The van der Waals surface area contributed by atoms with Gasteiger partial charge in [-0.3, -0.25) is 9.59 Å². The quantitative estimate of drug-likeness (QED) is 0.632. The van der Waals surface area contributed by atoms with Gasteiger partial charge in [0.05, 0.1) is 12.0 Å². The standard InChI is InChI=1S/C12H12O6S/c1-3-8-4-6-9(7-5-8)19(16,17)10(11(13)14)12(15)18-2/h3-7,10H,1H2,2H3,(H,13,14). The number of benzene rings is 1. The van der Waals surface area contributed by atoms with Crippen LogP contribution in [0.15, 0.2) is 35.7 Å². The van der Waals surface area contributed by atoms with Gasteiger partial charge < -0.3 is 9.84 Å². The number of ether oxygens (including phenoxy) is 1. The summed E-state index contributed by atoms with van der Waals surface area (Å²) >= 11 is 0. The molecule has 0 radical (unpaired) electrons. The molecule has 1 rings (SSSR count). The predicted molar refractivity (Wildman–Crippen MR) is 67.2 cm³/mol. The lowest BCUT2D eigenvalue weighted by atomic mass is 10.2. The van der Waals surface area contributed by atoms with E-state index < -0.39 is 27.0 Å². The van der Waals surface area contributed by atoms with Crippen LogP contribution in [-0.2, 0) is 24.2 Å². The van der Waals surface area contributed by atoms with Gasteiger partial charge in [0, 0.05) is 0 Å². The fourth-order valence-corrected chi connectivity index (χ4v) is 2.80. The van der Waals surface area contributed by atoms with Gasteiger partial charge in [-0.25, -0.2) is 8.42 Å². The van der Waals surface area contributed by atoms with Crippen LogP contribution in [0.25, 0.3) is 6.08 Å². The molecule has 0 aromatic heterocycles. The van der Waals surface area contributed by atoms with Gasteiger partial charge in [0.25, 0.3) is 5.25 Å². The molecule has 1 atom stereocenters. The van der Waals surface area contributed by atoms with Crippen LogP contribution < -0.4 is 0 Å². The fourth-order valence-electron chi connectivity index (χ4n) is 1.40. The molecular formula is C12H12O6S. The Balaban J connectivity index is 3.30. The summed E-state index contributed by atoms with van der Waals surface area (Å²) in [5.41, 5.74) is 0.670. The molecule has 7 heteroatoms. The lowest BCUT2D eigenvalue weighted by molar-refractivity contribution is -0.148. The average molecular weight is 284 g/mol. The minimum atomic E-state index is -4.35.